The molecule has 0 aromatic carbocycles. The lowest BCUT2D eigenvalue weighted by atomic mass is 10.4. The Labute approximate surface area is 85.4 Å². The molecule has 0 spiro atoms. The highest BCUT2D eigenvalue weighted by Gasteiger charge is 2.12. The number of ether oxygens (including phenoxy) is 1. The first-order valence-electron chi connectivity index (χ1n) is 4.93. The van der Waals surface area contributed by atoms with Crippen LogP contribution in [0.1, 0.15) is 20.3 Å². The normalized spacial score (nSPS) is 19.4. The molecule has 1 atom stereocenters. The van der Waals surface area contributed by atoms with Crippen LogP contribution in [-0.2, 0) is 9.53 Å². The predicted octanol–water partition coefficient (Wildman–Crippen LogP) is -0.495. The molecule has 1 amide bonds. The van der Waals surface area contributed by atoms with Crippen molar-refractivity contribution in [1.82, 2.24) is 4.90 Å². The maximum Gasteiger partial charge on any atom is 0.217 e. The maximum absolute atomic E-state index is 9.59. The van der Waals surface area contributed by atoms with Crippen LogP contribution in [0.2, 0.25) is 0 Å². The molecule has 1 aliphatic rings. The molecule has 5 nitrogen and oxygen atoms in total. The summed E-state index contributed by atoms with van der Waals surface area (Å²) >= 11 is 0. The highest BCUT2D eigenvalue weighted by molar-refractivity contribution is 5.73. The molecule has 1 rings (SSSR count). The summed E-state index contributed by atoms with van der Waals surface area (Å²) in [4.78, 5) is 11.8. The monoisotopic (exact) mass is 203 g/mol. The summed E-state index contributed by atoms with van der Waals surface area (Å²) in [7, 11) is 0. The van der Waals surface area contributed by atoms with Gasteiger partial charge in [0.25, 0.3) is 0 Å². The summed E-state index contributed by atoms with van der Waals surface area (Å²) in [6.45, 7) is 7.37. The molecule has 0 saturated carbocycles. The molecule has 4 N–H and O–H groups in total. The number of rotatable bonds is 2. The smallest absolute Gasteiger partial charge is 0.217 e. The number of nitrogens with zero attached hydrogens (tertiary/aromatic N) is 1. The highest BCUT2D eigenvalue weighted by atomic mass is 16.5. The van der Waals surface area contributed by atoms with Crippen LogP contribution in [-0.4, -0.2) is 43.3 Å². The minimum atomic E-state index is -0.245. The van der Waals surface area contributed by atoms with E-state index in [0.29, 0.717) is 6.42 Å². The van der Waals surface area contributed by atoms with E-state index in [0.717, 1.165) is 26.3 Å². The Bertz CT molecular complexity index is 156. The molecule has 1 heterocycles. The second kappa shape index (κ2) is 7.73. The molecule has 1 aliphatic heterocycles. The van der Waals surface area contributed by atoms with Gasteiger partial charge in [-0.2, -0.15) is 0 Å². The van der Waals surface area contributed by atoms with Crippen LogP contribution >= 0.6 is 0 Å². The Morgan fingerprint density at radius 1 is 1.50 bits per heavy atom. The van der Waals surface area contributed by atoms with Crippen LogP contribution < -0.4 is 11.5 Å². The topological polar surface area (TPSA) is 81.6 Å². The zero-order valence-corrected chi connectivity index (χ0v) is 9.03. The number of morpholine rings is 1. The Hall–Kier alpha value is -0.650. The second-order valence-corrected chi connectivity index (χ2v) is 3.21. The Morgan fingerprint density at radius 2 is 1.93 bits per heavy atom. The third-order valence-electron chi connectivity index (χ3n) is 1.97. The van der Waals surface area contributed by atoms with Crippen molar-refractivity contribution in [3.63, 3.8) is 0 Å². The molecule has 5 heteroatoms. The molecule has 0 aliphatic carbocycles. The molecule has 1 saturated heterocycles. The van der Waals surface area contributed by atoms with Crippen molar-refractivity contribution in [2.45, 2.75) is 26.4 Å². The molecule has 1 unspecified atom stereocenters. The van der Waals surface area contributed by atoms with Crippen LogP contribution in [0.4, 0.5) is 0 Å². The fourth-order valence-corrected chi connectivity index (χ4v) is 0.985. The van der Waals surface area contributed by atoms with Crippen molar-refractivity contribution in [1.29, 1.82) is 0 Å². The number of primary amides is 1. The van der Waals surface area contributed by atoms with Gasteiger partial charge in [-0.15, -0.1) is 0 Å². The van der Waals surface area contributed by atoms with Gasteiger partial charge < -0.3 is 16.2 Å². The van der Waals surface area contributed by atoms with Crippen molar-refractivity contribution in [3.8, 4) is 0 Å². The molecule has 14 heavy (non-hydrogen) atoms. The summed E-state index contributed by atoms with van der Waals surface area (Å²) < 4.78 is 5.15. The predicted molar refractivity (Wildman–Crippen MR) is 55.5 cm³/mol. The number of nitrogens with two attached hydrogens (primary N) is 2. The van der Waals surface area contributed by atoms with Gasteiger partial charge in [0.15, 0.2) is 0 Å². The zero-order valence-electron chi connectivity index (χ0n) is 9.03. The highest BCUT2D eigenvalue weighted by Crippen LogP contribution is 1.97. The van der Waals surface area contributed by atoms with E-state index >= 15 is 0 Å². The number of carbonyl (C=O) groups is 1. The summed E-state index contributed by atoms with van der Waals surface area (Å²) in [5.74, 6) is -0.245. The van der Waals surface area contributed by atoms with E-state index in [1.54, 1.807) is 6.92 Å². The lowest BCUT2D eigenvalue weighted by Gasteiger charge is -2.29. The van der Waals surface area contributed by atoms with Crippen LogP contribution in [0.25, 0.3) is 0 Å². The van der Waals surface area contributed by atoms with Gasteiger partial charge in [-0.25, -0.2) is 0 Å². The van der Waals surface area contributed by atoms with Gasteiger partial charge >= 0.3 is 0 Å². The lowest BCUT2D eigenvalue weighted by molar-refractivity contribution is -0.117. The number of amides is 1. The summed E-state index contributed by atoms with van der Waals surface area (Å²) in [6, 6.07) is 0. The molecule has 1 fully saturated rings. The van der Waals surface area contributed by atoms with Crippen LogP contribution in [0.15, 0.2) is 0 Å². The van der Waals surface area contributed by atoms with E-state index in [2.05, 4.69) is 10.6 Å². The van der Waals surface area contributed by atoms with E-state index < -0.39 is 0 Å². The number of hydrogen-bond donors (Lipinski definition) is 2. The van der Waals surface area contributed by atoms with E-state index in [-0.39, 0.29) is 12.1 Å². The minimum absolute atomic E-state index is 0.189. The lowest BCUT2D eigenvalue weighted by Crippen LogP contribution is -2.46. The molecular formula is C9H21N3O2. The molecule has 0 aromatic rings. The number of hydrogen-bond acceptors (Lipinski definition) is 4. The van der Waals surface area contributed by atoms with Crippen molar-refractivity contribution in [3.05, 3.63) is 0 Å². The third kappa shape index (κ3) is 6.82. The fourth-order valence-electron chi connectivity index (χ4n) is 0.985. The van der Waals surface area contributed by atoms with E-state index in [4.69, 9.17) is 10.5 Å². The van der Waals surface area contributed by atoms with Gasteiger partial charge in [0.2, 0.25) is 5.91 Å². The molecule has 0 aromatic heterocycles. The van der Waals surface area contributed by atoms with Crippen LogP contribution in [0.3, 0.4) is 0 Å². The first kappa shape index (κ1) is 13.4. The third-order valence-corrected chi connectivity index (χ3v) is 1.97. The first-order valence-corrected chi connectivity index (χ1v) is 4.93. The first-order chi connectivity index (χ1) is 6.57. The Kier molecular flexibility index (Phi) is 7.37. The van der Waals surface area contributed by atoms with E-state index in [1.165, 1.54) is 0 Å². The maximum atomic E-state index is 9.59. The van der Waals surface area contributed by atoms with Gasteiger partial charge in [0.05, 0.1) is 19.4 Å². The van der Waals surface area contributed by atoms with Crippen molar-refractivity contribution in [2.24, 2.45) is 11.5 Å². The van der Waals surface area contributed by atoms with Gasteiger partial charge in [0.1, 0.15) is 0 Å². The average Bonchev–Trinajstić information content (AvgIpc) is 2.20. The van der Waals surface area contributed by atoms with Gasteiger partial charge in [0, 0.05) is 19.5 Å². The largest absolute Gasteiger partial charge is 0.379 e. The second-order valence-electron chi connectivity index (χ2n) is 3.21. The molecule has 0 radical (unpaired) electrons. The van der Waals surface area contributed by atoms with Gasteiger partial charge in [-0.1, -0.05) is 6.92 Å². The summed E-state index contributed by atoms with van der Waals surface area (Å²) in [5.41, 5.74) is 10.3. The Morgan fingerprint density at radius 3 is 2.14 bits per heavy atom. The van der Waals surface area contributed by atoms with Crippen molar-refractivity contribution >= 4 is 5.91 Å². The standard InChI is InChI=1S/C6H14N2O.C3H7NO/c1-6(7)8-2-4-9-5-3-8;1-2-3(4)5/h6H,2-5,7H2,1H3;2H2,1H3,(H2,4,5). The van der Waals surface area contributed by atoms with Crippen molar-refractivity contribution < 1.29 is 9.53 Å². The van der Waals surface area contributed by atoms with E-state index in [1.807, 2.05) is 6.92 Å². The van der Waals surface area contributed by atoms with Gasteiger partial charge in [-0.3, -0.25) is 9.69 Å². The zero-order chi connectivity index (χ0) is 11.0. The van der Waals surface area contributed by atoms with Crippen LogP contribution in [0.5, 0.6) is 0 Å². The van der Waals surface area contributed by atoms with Crippen molar-refractivity contribution in [2.75, 3.05) is 26.3 Å². The van der Waals surface area contributed by atoms with Crippen LogP contribution in [0, 0.1) is 0 Å². The fraction of sp³-hybridized carbons (Fsp3) is 0.889. The average molecular weight is 203 g/mol. The Balaban J connectivity index is 0.000000292. The SMILES string of the molecule is CC(N)N1CCOCC1.CCC(N)=O. The van der Waals surface area contributed by atoms with E-state index in [9.17, 15) is 4.79 Å². The quantitative estimate of drug-likeness (QED) is 0.634. The van der Waals surface area contributed by atoms with Gasteiger partial charge in [-0.05, 0) is 6.92 Å². The summed E-state index contributed by atoms with van der Waals surface area (Å²) in [5, 5.41) is 0. The molecular weight excluding hydrogens is 182 g/mol. The summed E-state index contributed by atoms with van der Waals surface area (Å²) in [6.07, 6.45) is 0.633. The minimum Gasteiger partial charge on any atom is -0.379 e. The molecule has 0 bridgehead atoms. The number of carbonyl (C=O) groups excluding carboxylic acids is 1. The molecule has 84 valence electrons.